The van der Waals surface area contributed by atoms with Crippen LogP contribution in [-0.2, 0) is 23.2 Å². The van der Waals surface area contributed by atoms with Gasteiger partial charge in [0.15, 0.2) is 4.77 Å². The van der Waals surface area contributed by atoms with Crippen LogP contribution in [0.5, 0.6) is 0 Å². The molecule has 1 fully saturated rings. The second kappa shape index (κ2) is 8.36. The highest BCUT2D eigenvalue weighted by Gasteiger charge is 2.28. The van der Waals surface area contributed by atoms with E-state index in [9.17, 15) is 8.42 Å². The van der Waals surface area contributed by atoms with Gasteiger partial charge >= 0.3 is 0 Å². The van der Waals surface area contributed by atoms with Gasteiger partial charge in [-0.25, -0.2) is 13.1 Å². The zero-order chi connectivity index (χ0) is 19.6. The summed E-state index contributed by atoms with van der Waals surface area (Å²) in [5.41, 5.74) is 0. The van der Waals surface area contributed by atoms with Crippen LogP contribution >= 0.6 is 28.1 Å². The molecule has 0 aliphatic carbocycles. The first kappa shape index (κ1) is 20.4. The van der Waals surface area contributed by atoms with Gasteiger partial charge < -0.3 is 4.57 Å². The highest BCUT2D eigenvalue weighted by molar-refractivity contribution is 9.10. The molecule has 1 aromatic heterocycles. The van der Waals surface area contributed by atoms with Gasteiger partial charge in [-0.15, -0.1) is 6.58 Å². The molecule has 0 radical (unpaired) electrons. The minimum absolute atomic E-state index is 0.311. The van der Waals surface area contributed by atoms with Crippen molar-refractivity contribution in [2.45, 2.75) is 25.0 Å². The zero-order valence-electron chi connectivity index (χ0n) is 15.1. The van der Waals surface area contributed by atoms with Crippen LogP contribution in [0.25, 0.3) is 0 Å². The third-order valence-corrected chi connectivity index (χ3v) is 7.34. The SMILES string of the molecule is C=CCn1c(C)nn(CN2CCN(S(=O)(=O)c3cccc(Br)c3)CC2)c1=S. The van der Waals surface area contributed by atoms with E-state index in [4.69, 9.17) is 12.2 Å². The van der Waals surface area contributed by atoms with E-state index in [2.05, 4.69) is 32.5 Å². The van der Waals surface area contributed by atoms with Crippen LogP contribution in [0.4, 0.5) is 0 Å². The van der Waals surface area contributed by atoms with E-state index in [1.54, 1.807) is 29.0 Å². The Bertz CT molecular complexity index is 991. The molecule has 27 heavy (non-hydrogen) atoms. The summed E-state index contributed by atoms with van der Waals surface area (Å²) in [7, 11) is -3.48. The first-order valence-electron chi connectivity index (χ1n) is 8.56. The molecule has 0 saturated carbocycles. The maximum atomic E-state index is 12.8. The van der Waals surface area contributed by atoms with Crippen molar-refractivity contribution in [2.75, 3.05) is 26.2 Å². The van der Waals surface area contributed by atoms with Gasteiger partial charge in [0.2, 0.25) is 10.0 Å². The predicted octanol–water partition coefficient (Wildman–Crippen LogP) is 2.64. The van der Waals surface area contributed by atoms with E-state index in [0.717, 1.165) is 10.3 Å². The molecule has 1 saturated heterocycles. The smallest absolute Gasteiger partial charge is 0.243 e. The summed E-state index contributed by atoms with van der Waals surface area (Å²) in [6, 6.07) is 6.81. The Kier molecular flexibility index (Phi) is 6.32. The zero-order valence-corrected chi connectivity index (χ0v) is 18.3. The summed E-state index contributed by atoms with van der Waals surface area (Å²) >= 11 is 8.82. The Hall–Kier alpha value is -1.33. The van der Waals surface area contributed by atoms with Gasteiger partial charge in [-0.1, -0.05) is 28.1 Å². The number of sulfonamides is 1. The van der Waals surface area contributed by atoms with Crippen LogP contribution in [0, 0.1) is 11.7 Å². The van der Waals surface area contributed by atoms with Crippen molar-refractivity contribution in [3.8, 4) is 0 Å². The predicted molar refractivity (Wildman–Crippen MR) is 110 cm³/mol. The summed E-state index contributed by atoms with van der Waals surface area (Å²) in [5, 5.41) is 4.50. The molecule has 0 amide bonds. The van der Waals surface area contributed by atoms with Gasteiger partial charge in [0.25, 0.3) is 0 Å². The normalized spacial score (nSPS) is 16.5. The summed E-state index contributed by atoms with van der Waals surface area (Å²) < 4.78 is 32.3. The topological polar surface area (TPSA) is 63.4 Å². The van der Waals surface area contributed by atoms with E-state index >= 15 is 0 Å². The third-order valence-electron chi connectivity index (χ3n) is 4.52. The fourth-order valence-corrected chi connectivity index (χ4v) is 5.38. The van der Waals surface area contributed by atoms with Crippen molar-refractivity contribution in [3.63, 3.8) is 0 Å². The van der Waals surface area contributed by atoms with Gasteiger partial charge in [-0.05, 0) is 37.3 Å². The van der Waals surface area contributed by atoms with Gasteiger partial charge in [-0.2, -0.15) is 9.40 Å². The fraction of sp³-hybridized carbons (Fsp3) is 0.412. The number of allylic oxidation sites excluding steroid dienone is 1. The largest absolute Gasteiger partial charge is 0.300 e. The molecule has 0 atom stereocenters. The highest BCUT2D eigenvalue weighted by Crippen LogP contribution is 2.21. The average molecular weight is 472 g/mol. The lowest BCUT2D eigenvalue weighted by molar-refractivity contribution is 0.144. The number of benzene rings is 1. The number of rotatable bonds is 6. The quantitative estimate of drug-likeness (QED) is 0.478. The average Bonchev–Trinajstić information content (AvgIpc) is 2.90. The number of hydrogen-bond donors (Lipinski definition) is 0. The Morgan fingerprint density at radius 3 is 2.63 bits per heavy atom. The Morgan fingerprint density at radius 2 is 2.00 bits per heavy atom. The molecule has 2 heterocycles. The lowest BCUT2D eigenvalue weighted by Gasteiger charge is -2.33. The van der Waals surface area contributed by atoms with E-state index in [1.165, 1.54) is 4.31 Å². The standard InChI is InChI=1S/C17H22BrN5O2S2/c1-3-7-22-14(2)19-23(17(22)26)13-20-8-10-21(11-9-20)27(24,25)16-6-4-5-15(18)12-16/h3-6,12H,1,7-11,13H2,2H3. The monoisotopic (exact) mass is 471 g/mol. The molecule has 146 valence electrons. The molecule has 2 aromatic rings. The molecule has 1 aromatic carbocycles. The van der Waals surface area contributed by atoms with Crippen molar-refractivity contribution in [2.24, 2.45) is 0 Å². The summed E-state index contributed by atoms with van der Waals surface area (Å²) in [6.07, 6.45) is 1.79. The van der Waals surface area contributed by atoms with E-state index < -0.39 is 10.0 Å². The number of halogens is 1. The molecule has 0 bridgehead atoms. The molecule has 1 aliphatic rings. The second-order valence-corrected chi connectivity index (χ2v) is 9.57. The number of aromatic nitrogens is 3. The van der Waals surface area contributed by atoms with E-state index in [0.29, 0.717) is 49.1 Å². The minimum atomic E-state index is -3.48. The van der Waals surface area contributed by atoms with E-state index in [1.807, 2.05) is 17.6 Å². The van der Waals surface area contributed by atoms with E-state index in [-0.39, 0.29) is 0 Å². The van der Waals surface area contributed by atoms with Crippen LogP contribution < -0.4 is 0 Å². The first-order valence-corrected chi connectivity index (χ1v) is 11.2. The molecule has 1 aliphatic heterocycles. The third kappa shape index (κ3) is 4.40. The summed E-state index contributed by atoms with van der Waals surface area (Å²) in [6.45, 7) is 8.97. The van der Waals surface area contributed by atoms with Crippen molar-refractivity contribution in [1.29, 1.82) is 0 Å². The molecule has 3 rings (SSSR count). The van der Waals surface area contributed by atoms with Gasteiger partial charge in [0.05, 0.1) is 11.6 Å². The van der Waals surface area contributed by atoms with Crippen LogP contribution in [0.15, 0.2) is 46.3 Å². The number of hydrogen-bond acceptors (Lipinski definition) is 5. The van der Waals surface area contributed by atoms with Crippen LogP contribution in [0.1, 0.15) is 5.82 Å². The van der Waals surface area contributed by atoms with Gasteiger partial charge in [0, 0.05) is 37.2 Å². The van der Waals surface area contributed by atoms with Crippen molar-refractivity contribution in [3.05, 3.63) is 52.0 Å². The summed E-state index contributed by atoms with van der Waals surface area (Å²) in [5.74, 6) is 0.843. The summed E-state index contributed by atoms with van der Waals surface area (Å²) in [4.78, 5) is 2.47. The Balaban J connectivity index is 1.67. The van der Waals surface area contributed by atoms with Gasteiger partial charge in [-0.3, -0.25) is 4.90 Å². The molecule has 0 N–H and O–H groups in total. The maximum absolute atomic E-state index is 12.8. The van der Waals surface area contributed by atoms with Crippen molar-refractivity contribution >= 4 is 38.2 Å². The lowest BCUT2D eigenvalue weighted by Crippen LogP contribution is -2.48. The molecule has 7 nitrogen and oxygen atoms in total. The first-order chi connectivity index (χ1) is 12.8. The maximum Gasteiger partial charge on any atom is 0.243 e. The lowest BCUT2D eigenvalue weighted by atomic mass is 10.4. The van der Waals surface area contributed by atoms with Crippen LogP contribution in [0.3, 0.4) is 0 Å². The number of piperazine rings is 1. The minimum Gasteiger partial charge on any atom is -0.300 e. The van der Waals surface area contributed by atoms with Gasteiger partial charge in [0.1, 0.15) is 5.82 Å². The molecular formula is C17H22BrN5O2S2. The molecular weight excluding hydrogens is 450 g/mol. The second-order valence-electron chi connectivity index (χ2n) is 6.35. The Morgan fingerprint density at radius 1 is 1.30 bits per heavy atom. The molecule has 0 unspecified atom stereocenters. The van der Waals surface area contributed by atoms with Crippen LogP contribution in [-0.4, -0.2) is 58.1 Å². The molecule has 10 heteroatoms. The van der Waals surface area contributed by atoms with Crippen molar-refractivity contribution < 1.29 is 8.42 Å². The fourth-order valence-electron chi connectivity index (χ4n) is 3.06. The number of aryl methyl sites for hydroxylation is 1. The highest BCUT2D eigenvalue weighted by atomic mass is 79.9. The van der Waals surface area contributed by atoms with Crippen LogP contribution in [0.2, 0.25) is 0 Å². The van der Waals surface area contributed by atoms with Crippen molar-refractivity contribution in [1.82, 2.24) is 23.6 Å². The molecule has 0 spiro atoms. The number of nitrogens with zero attached hydrogens (tertiary/aromatic N) is 5. The Labute approximate surface area is 173 Å².